The van der Waals surface area contributed by atoms with Crippen molar-refractivity contribution in [1.29, 1.82) is 5.26 Å². The van der Waals surface area contributed by atoms with E-state index in [1.165, 1.54) is 0 Å². The Hall–Kier alpha value is -0.760. The Balaban J connectivity index is 2.48. The number of allylic oxidation sites excluding steroid dienone is 2. The highest BCUT2D eigenvalue weighted by atomic mass is 79.9. The molecule has 1 aromatic rings. The van der Waals surface area contributed by atoms with Crippen LogP contribution < -0.4 is 5.32 Å². The van der Waals surface area contributed by atoms with Crippen LogP contribution in [-0.4, -0.2) is 0 Å². The van der Waals surface area contributed by atoms with Crippen molar-refractivity contribution in [1.82, 2.24) is 5.32 Å². The third kappa shape index (κ3) is 2.03. The molecule has 1 aliphatic heterocycles. The molecule has 2 nitrogen and oxygen atoms in total. The fraction of sp³-hybridized carbons (Fsp3) is 0. The third-order valence-electron chi connectivity index (χ3n) is 2.08. The molecule has 1 aliphatic rings. The van der Waals surface area contributed by atoms with Crippen molar-refractivity contribution in [2.24, 2.45) is 0 Å². The number of benzene rings is 1. The van der Waals surface area contributed by atoms with Crippen molar-refractivity contribution in [2.45, 2.75) is 0 Å². The third-order valence-corrected chi connectivity index (χ3v) is 4.21. The van der Waals surface area contributed by atoms with Gasteiger partial charge in [-0.15, -0.1) is 0 Å². The van der Waals surface area contributed by atoms with E-state index in [-0.39, 0.29) is 0 Å². The van der Waals surface area contributed by atoms with Gasteiger partial charge >= 0.3 is 0 Å². The molecule has 0 aromatic heterocycles. The summed E-state index contributed by atoms with van der Waals surface area (Å²) in [6.07, 6.45) is 0. The molecule has 0 aliphatic carbocycles. The van der Waals surface area contributed by atoms with E-state index in [2.05, 4.69) is 43.2 Å². The molecule has 0 unspecified atom stereocenters. The van der Waals surface area contributed by atoms with Crippen LogP contribution in [0.15, 0.2) is 38.9 Å². The summed E-state index contributed by atoms with van der Waals surface area (Å²) >= 11 is 12.4. The first kappa shape index (κ1) is 11.7. The van der Waals surface area contributed by atoms with Crippen LogP contribution in [0.2, 0.25) is 5.02 Å². The zero-order valence-electron chi connectivity index (χ0n) is 7.84. The highest BCUT2D eigenvalue weighted by Crippen LogP contribution is 2.37. The summed E-state index contributed by atoms with van der Waals surface area (Å²) in [5.41, 5.74) is 2.04. The topological polar surface area (TPSA) is 37.9 Å². The molecule has 2 rings (SSSR count). The van der Waals surface area contributed by atoms with E-state index >= 15 is 0 Å². The van der Waals surface area contributed by atoms with Crippen LogP contribution >= 0.6 is 43.5 Å². The Labute approximate surface area is 115 Å². The number of halogens is 3. The van der Waals surface area contributed by atoms with Crippen LogP contribution in [0.5, 0.6) is 0 Å². The second-order valence-electron chi connectivity index (χ2n) is 3.06. The van der Waals surface area contributed by atoms with Gasteiger partial charge in [0.05, 0.1) is 15.8 Å². The van der Waals surface area contributed by atoms with Crippen molar-refractivity contribution >= 4 is 49.2 Å². The monoisotopic (exact) mass is 357 g/mol. The van der Waals surface area contributed by atoms with E-state index in [1.807, 2.05) is 12.1 Å². The summed E-state index contributed by atoms with van der Waals surface area (Å²) in [5, 5.41) is 14.0. The van der Waals surface area contributed by atoms with E-state index in [0.717, 1.165) is 5.56 Å². The maximum Gasteiger partial charge on any atom is 0.122 e. The van der Waals surface area contributed by atoms with Gasteiger partial charge < -0.3 is 0 Å². The Morgan fingerprint density at radius 2 is 1.81 bits per heavy atom. The summed E-state index contributed by atoms with van der Waals surface area (Å²) in [6.45, 7) is 0. The smallest absolute Gasteiger partial charge is 0.122 e. The summed E-state index contributed by atoms with van der Waals surface area (Å²) < 4.78 is 1.31. The summed E-state index contributed by atoms with van der Waals surface area (Å²) in [4.78, 5) is 0. The largest absolute Gasteiger partial charge is 0.238 e. The van der Waals surface area contributed by atoms with Crippen LogP contribution in [0.1, 0.15) is 5.56 Å². The van der Waals surface area contributed by atoms with Crippen molar-refractivity contribution in [3.8, 4) is 6.07 Å². The van der Waals surface area contributed by atoms with E-state index < -0.39 is 0 Å². The molecule has 1 aromatic carbocycles. The van der Waals surface area contributed by atoms with Crippen molar-refractivity contribution in [2.75, 3.05) is 0 Å². The Morgan fingerprint density at radius 1 is 1.19 bits per heavy atom. The minimum absolute atomic E-state index is 0.522. The molecule has 0 atom stereocenters. The molecule has 5 heteroatoms. The van der Waals surface area contributed by atoms with Crippen LogP contribution in [0.25, 0.3) is 5.70 Å². The number of nitriles is 1. The van der Waals surface area contributed by atoms with Gasteiger partial charge in [0, 0.05) is 10.6 Å². The first-order chi connectivity index (χ1) is 7.63. The van der Waals surface area contributed by atoms with Crippen LogP contribution in [0.3, 0.4) is 0 Å². The van der Waals surface area contributed by atoms with Crippen molar-refractivity contribution < 1.29 is 0 Å². The molecular weight excluding hydrogens is 355 g/mol. The van der Waals surface area contributed by atoms with Crippen LogP contribution in [0, 0.1) is 11.3 Å². The van der Waals surface area contributed by atoms with Gasteiger partial charge in [0.2, 0.25) is 0 Å². The quantitative estimate of drug-likeness (QED) is 0.694. The fourth-order valence-electron chi connectivity index (χ4n) is 1.33. The van der Waals surface area contributed by atoms with Crippen LogP contribution in [-0.2, 0) is 0 Å². The second-order valence-corrected chi connectivity index (χ2v) is 5.04. The number of hydrogen-bond acceptors (Lipinski definition) is 1. The summed E-state index contributed by atoms with van der Waals surface area (Å²) in [6, 6.07) is 9.35. The zero-order chi connectivity index (χ0) is 11.7. The maximum absolute atomic E-state index is 9.06. The molecule has 0 saturated heterocycles. The van der Waals surface area contributed by atoms with Crippen molar-refractivity contribution in [3.05, 3.63) is 49.5 Å². The van der Waals surface area contributed by atoms with E-state index in [9.17, 15) is 0 Å². The molecule has 0 N–H and O–H groups in total. The van der Waals surface area contributed by atoms with Gasteiger partial charge in [-0.3, -0.25) is 0 Å². The van der Waals surface area contributed by atoms with E-state index in [0.29, 0.717) is 25.4 Å². The summed E-state index contributed by atoms with van der Waals surface area (Å²) in [5.74, 6) is 0. The number of hydrogen-bond donors (Lipinski definition) is 0. The average Bonchev–Trinajstić information content (AvgIpc) is 2.56. The maximum atomic E-state index is 9.06. The van der Waals surface area contributed by atoms with E-state index in [4.69, 9.17) is 16.9 Å². The van der Waals surface area contributed by atoms with Gasteiger partial charge in [-0.2, -0.15) is 5.26 Å². The van der Waals surface area contributed by atoms with Crippen LogP contribution in [0.4, 0.5) is 0 Å². The standard InChI is InChI=1S/C11H4Br2ClN2/c12-9-8(5-15)10(16-11(9)13)6-1-3-7(14)4-2-6/h1-4H. The lowest BCUT2D eigenvalue weighted by Crippen LogP contribution is -1.95. The molecule has 0 saturated carbocycles. The lowest BCUT2D eigenvalue weighted by molar-refractivity contribution is 1.20. The average molecular weight is 359 g/mol. The van der Waals surface area contributed by atoms with E-state index in [1.54, 1.807) is 12.1 Å². The molecule has 16 heavy (non-hydrogen) atoms. The molecule has 1 radical (unpaired) electrons. The highest BCUT2D eigenvalue weighted by Gasteiger charge is 2.23. The molecule has 1 heterocycles. The van der Waals surface area contributed by atoms with Gasteiger partial charge in [0.25, 0.3) is 0 Å². The molecule has 79 valence electrons. The van der Waals surface area contributed by atoms with Crippen molar-refractivity contribution in [3.63, 3.8) is 0 Å². The minimum atomic E-state index is 0.522. The SMILES string of the molecule is N#CC1=C(c2ccc(Cl)cc2)[N]C(Br)=C1Br. The fourth-order valence-corrected chi connectivity index (χ4v) is 2.20. The Morgan fingerprint density at radius 3 is 2.38 bits per heavy atom. The highest BCUT2D eigenvalue weighted by molar-refractivity contribution is 9.14. The molecule has 0 fully saturated rings. The van der Waals surface area contributed by atoms with Gasteiger partial charge in [0.15, 0.2) is 0 Å². The predicted octanol–water partition coefficient (Wildman–Crippen LogP) is 4.15. The molecular formula is C11H4Br2ClN2. The normalized spacial score (nSPS) is 15.1. The minimum Gasteiger partial charge on any atom is -0.238 e. The lowest BCUT2D eigenvalue weighted by atomic mass is 10.1. The number of rotatable bonds is 1. The number of nitrogens with zero attached hydrogens (tertiary/aromatic N) is 2. The Kier molecular flexibility index (Phi) is 3.38. The first-order valence-corrected chi connectivity index (χ1v) is 6.27. The molecule has 0 bridgehead atoms. The van der Waals surface area contributed by atoms with Gasteiger partial charge in [-0.1, -0.05) is 23.7 Å². The van der Waals surface area contributed by atoms with Gasteiger partial charge in [-0.25, -0.2) is 5.32 Å². The Bertz CT molecular complexity index is 538. The molecule has 0 spiro atoms. The lowest BCUT2D eigenvalue weighted by Gasteiger charge is -2.02. The summed E-state index contributed by atoms with van der Waals surface area (Å²) in [7, 11) is 0. The second kappa shape index (κ2) is 4.62. The van der Waals surface area contributed by atoms with Gasteiger partial charge in [-0.05, 0) is 44.0 Å². The predicted molar refractivity (Wildman–Crippen MR) is 71.0 cm³/mol. The van der Waals surface area contributed by atoms with Gasteiger partial charge in [0.1, 0.15) is 10.7 Å². The molecule has 0 amide bonds. The first-order valence-electron chi connectivity index (χ1n) is 4.31. The zero-order valence-corrected chi connectivity index (χ0v) is 11.8.